The third-order valence-electron chi connectivity index (χ3n) is 3.16. The molecule has 0 aliphatic carbocycles. The normalized spacial score (nSPS) is 13.4. The van der Waals surface area contributed by atoms with Crippen molar-refractivity contribution in [1.29, 1.82) is 0 Å². The maximum Gasteiger partial charge on any atom is 0.262 e. The largest absolute Gasteiger partial charge is 0.482 e. The highest BCUT2D eigenvalue weighted by Gasteiger charge is 2.20. The Bertz CT molecular complexity index is 715. The number of ether oxygens (including phenoxy) is 1. The second-order valence-electron chi connectivity index (χ2n) is 4.70. The first-order valence-electron chi connectivity index (χ1n) is 6.23. The third-order valence-corrected chi connectivity index (χ3v) is 3.16. The van der Waals surface area contributed by atoms with Gasteiger partial charge in [-0.3, -0.25) is 9.59 Å². The van der Waals surface area contributed by atoms with Gasteiger partial charge in [0.05, 0.1) is 11.3 Å². The lowest BCUT2D eigenvalue weighted by Gasteiger charge is -2.18. The van der Waals surface area contributed by atoms with E-state index < -0.39 is 0 Å². The molecule has 3 rings (SSSR count). The molecular weight excluding hydrogens is 258 g/mol. The predicted molar refractivity (Wildman–Crippen MR) is 72.2 cm³/mol. The highest BCUT2D eigenvalue weighted by molar-refractivity contribution is 6.11. The SMILES string of the molecule is Cc1cc(C(=O)c2ccc3c(c2)NC(=O)CO3)c(C)o1. The van der Waals surface area contributed by atoms with Gasteiger partial charge in [-0.1, -0.05) is 0 Å². The standard InChI is InChI=1S/C15H13NO4/c1-8-5-11(9(2)20-8)15(18)10-3-4-13-12(6-10)16-14(17)7-19-13/h3-6H,7H2,1-2H3,(H,16,17). The van der Waals surface area contributed by atoms with Crippen LogP contribution in [0.4, 0.5) is 5.69 Å². The van der Waals surface area contributed by atoms with E-state index in [0.717, 1.165) is 0 Å². The van der Waals surface area contributed by atoms with Crippen molar-refractivity contribution in [2.75, 3.05) is 11.9 Å². The average Bonchev–Trinajstić information content (AvgIpc) is 2.76. The lowest BCUT2D eigenvalue weighted by molar-refractivity contribution is -0.118. The minimum atomic E-state index is -0.225. The van der Waals surface area contributed by atoms with Crippen molar-refractivity contribution in [3.63, 3.8) is 0 Å². The van der Waals surface area contributed by atoms with Crippen molar-refractivity contribution in [2.45, 2.75) is 13.8 Å². The zero-order valence-corrected chi connectivity index (χ0v) is 11.1. The number of rotatable bonds is 2. The van der Waals surface area contributed by atoms with Crippen LogP contribution in [0.25, 0.3) is 0 Å². The predicted octanol–water partition coefficient (Wildman–Crippen LogP) is 2.46. The Kier molecular flexibility index (Phi) is 2.82. The minimum Gasteiger partial charge on any atom is -0.482 e. The molecule has 5 nitrogen and oxygen atoms in total. The van der Waals surface area contributed by atoms with E-state index in [-0.39, 0.29) is 18.3 Å². The Labute approximate surface area is 115 Å². The molecule has 1 aliphatic rings. The zero-order valence-electron chi connectivity index (χ0n) is 11.1. The number of benzene rings is 1. The summed E-state index contributed by atoms with van der Waals surface area (Å²) in [5.41, 5.74) is 1.54. The molecule has 2 aromatic rings. The van der Waals surface area contributed by atoms with Crippen LogP contribution in [0, 0.1) is 13.8 Å². The molecule has 1 aliphatic heterocycles. The number of amides is 1. The molecule has 1 aromatic heterocycles. The van der Waals surface area contributed by atoms with Crippen LogP contribution in [0.3, 0.4) is 0 Å². The molecule has 0 saturated heterocycles. The summed E-state index contributed by atoms with van der Waals surface area (Å²) in [5, 5.41) is 2.69. The molecule has 0 unspecified atom stereocenters. The molecule has 0 fully saturated rings. The molecule has 2 heterocycles. The second kappa shape index (κ2) is 4.52. The summed E-state index contributed by atoms with van der Waals surface area (Å²) in [6.45, 7) is 3.55. The summed E-state index contributed by atoms with van der Waals surface area (Å²) < 4.78 is 10.6. The van der Waals surface area contributed by atoms with Crippen molar-refractivity contribution in [1.82, 2.24) is 0 Å². The summed E-state index contributed by atoms with van der Waals surface area (Å²) in [4.78, 5) is 23.7. The molecule has 0 saturated carbocycles. The van der Waals surface area contributed by atoms with Crippen molar-refractivity contribution in [2.24, 2.45) is 0 Å². The van der Waals surface area contributed by atoms with Crippen LogP contribution in [-0.2, 0) is 4.79 Å². The Morgan fingerprint density at radius 2 is 2.05 bits per heavy atom. The molecule has 5 heteroatoms. The summed E-state index contributed by atoms with van der Waals surface area (Å²) in [6, 6.07) is 6.70. The van der Waals surface area contributed by atoms with Gasteiger partial charge in [0.25, 0.3) is 5.91 Å². The van der Waals surface area contributed by atoms with Gasteiger partial charge in [0.1, 0.15) is 17.3 Å². The first-order valence-corrected chi connectivity index (χ1v) is 6.23. The Hall–Kier alpha value is -2.56. The molecule has 0 spiro atoms. The van der Waals surface area contributed by atoms with E-state index >= 15 is 0 Å². The Balaban J connectivity index is 1.99. The number of ketones is 1. The maximum absolute atomic E-state index is 12.4. The number of furan rings is 1. The summed E-state index contributed by atoms with van der Waals surface area (Å²) in [6.07, 6.45) is 0. The van der Waals surface area contributed by atoms with Gasteiger partial charge in [-0.15, -0.1) is 0 Å². The van der Waals surface area contributed by atoms with Gasteiger partial charge in [-0.25, -0.2) is 0 Å². The number of nitrogens with one attached hydrogen (secondary N) is 1. The average molecular weight is 271 g/mol. The van der Waals surface area contributed by atoms with Crippen LogP contribution in [0.1, 0.15) is 27.4 Å². The number of hydrogen-bond donors (Lipinski definition) is 1. The number of aryl methyl sites for hydroxylation is 2. The topological polar surface area (TPSA) is 68.5 Å². The fourth-order valence-corrected chi connectivity index (χ4v) is 2.24. The number of carbonyl (C=O) groups is 2. The van der Waals surface area contributed by atoms with E-state index in [1.165, 1.54) is 0 Å². The monoisotopic (exact) mass is 271 g/mol. The number of fused-ring (bicyclic) bond motifs is 1. The number of hydrogen-bond acceptors (Lipinski definition) is 4. The lowest BCUT2D eigenvalue weighted by atomic mass is 10.0. The van der Waals surface area contributed by atoms with E-state index in [4.69, 9.17) is 9.15 Å². The van der Waals surface area contributed by atoms with Crippen LogP contribution >= 0.6 is 0 Å². The van der Waals surface area contributed by atoms with Crippen LogP contribution in [0.15, 0.2) is 28.7 Å². The smallest absolute Gasteiger partial charge is 0.262 e. The molecule has 1 aromatic carbocycles. The van der Waals surface area contributed by atoms with Crippen molar-refractivity contribution < 1.29 is 18.7 Å². The molecule has 0 bridgehead atoms. The van der Waals surface area contributed by atoms with Crippen LogP contribution < -0.4 is 10.1 Å². The van der Waals surface area contributed by atoms with Crippen LogP contribution in [0.2, 0.25) is 0 Å². The summed E-state index contributed by atoms with van der Waals surface area (Å²) in [5.74, 6) is 1.49. The van der Waals surface area contributed by atoms with E-state index in [1.807, 2.05) is 0 Å². The number of anilines is 1. The molecule has 1 N–H and O–H groups in total. The Morgan fingerprint density at radius 1 is 1.25 bits per heavy atom. The van der Waals surface area contributed by atoms with Gasteiger partial charge in [-0.2, -0.15) is 0 Å². The van der Waals surface area contributed by atoms with Crippen molar-refractivity contribution >= 4 is 17.4 Å². The van der Waals surface area contributed by atoms with E-state index in [0.29, 0.717) is 34.1 Å². The van der Waals surface area contributed by atoms with E-state index in [1.54, 1.807) is 38.1 Å². The number of carbonyl (C=O) groups excluding carboxylic acids is 2. The molecule has 0 atom stereocenters. The molecular formula is C15H13NO4. The first-order chi connectivity index (χ1) is 9.54. The molecule has 102 valence electrons. The quantitative estimate of drug-likeness (QED) is 0.852. The van der Waals surface area contributed by atoms with Crippen LogP contribution in [-0.4, -0.2) is 18.3 Å². The summed E-state index contributed by atoms with van der Waals surface area (Å²) >= 11 is 0. The first kappa shape index (κ1) is 12.5. The molecule has 20 heavy (non-hydrogen) atoms. The van der Waals surface area contributed by atoms with Gasteiger partial charge < -0.3 is 14.5 Å². The lowest BCUT2D eigenvalue weighted by Crippen LogP contribution is -2.25. The van der Waals surface area contributed by atoms with Gasteiger partial charge in [0.15, 0.2) is 12.4 Å². The van der Waals surface area contributed by atoms with E-state index in [9.17, 15) is 9.59 Å². The highest BCUT2D eigenvalue weighted by atomic mass is 16.5. The van der Waals surface area contributed by atoms with E-state index in [2.05, 4.69) is 5.32 Å². The maximum atomic E-state index is 12.4. The van der Waals surface area contributed by atoms with Gasteiger partial charge >= 0.3 is 0 Å². The Morgan fingerprint density at radius 3 is 2.75 bits per heavy atom. The summed E-state index contributed by atoms with van der Waals surface area (Å²) in [7, 11) is 0. The van der Waals surface area contributed by atoms with Gasteiger partial charge in [0, 0.05) is 5.56 Å². The van der Waals surface area contributed by atoms with Crippen LogP contribution in [0.5, 0.6) is 5.75 Å². The molecule has 1 amide bonds. The highest BCUT2D eigenvalue weighted by Crippen LogP contribution is 2.29. The minimum absolute atomic E-state index is 0.000324. The van der Waals surface area contributed by atoms with Gasteiger partial charge in [-0.05, 0) is 38.1 Å². The third kappa shape index (κ3) is 2.07. The fraction of sp³-hybridized carbons (Fsp3) is 0.200. The fourth-order valence-electron chi connectivity index (χ4n) is 2.24. The molecule has 0 radical (unpaired) electrons. The second-order valence-corrected chi connectivity index (χ2v) is 4.70. The van der Waals surface area contributed by atoms with Gasteiger partial charge in [0.2, 0.25) is 0 Å². The van der Waals surface area contributed by atoms with Crippen molar-refractivity contribution in [3.05, 3.63) is 46.9 Å². The zero-order chi connectivity index (χ0) is 14.3. The van der Waals surface area contributed by atoms with Crippen molar-refractivity contribution in [3.8, 4) is 5.75 Å².